The van der Waals surface area contributed by atoms with E-state index in [1.807, 2.05) is 58.9 Å². The van der Waals surface area contributed by atoms with Gasteiger partial charge >= 0.3 is 0 Å². The summed E-state index contributed by atoms with van der Waals surface area (Å²) in [6, 6.07) is 7.31. The van der Waals surface area contributed by atoms with Crippen molar-refractivity contribution >= 4 is 17.5 Å². The molecule has 0 bridgehead atoms. The van der Waals surface area contributed by atoms with Gasteiger partial charge in [0.2, 0.25) is 11.8 Å². The van der Waals surface area contributed by atoms with E-state index in [-0.39, 0.29) is 42.2 Å². The molecule has 0 saturated carbocycles. The van der Waals surface area contributed by atoms with Crippen LogP contribution in [0.25, 0.3) is 0 Å². The van der Waals surface area contributed by atoms with Crippen LogP contribution in [0.5, 0.6) is 0 Å². The second kappa shape index (κ2) is 9.56. The fourth-order valence-electron chi connectivity index (χ4n) is 2.55. The van der Waals surface area contributed by atoms with Crippen molar-refractivity contribution < 1.29 is 14.7 Å². The van der Waals surface area contributed by atoms with Crippen molar-refractivity contribution in [2.45, 2.75) is 59.9 Å². The molecule has 0 aliphatic rings. The summed E-state index contributed by atoms with van der Waals surface area (Å²) in [7, 11) is 0. The van der Waals surface area contributed by atoms with Gasteiger partial charge in [-0.05, 0) is 35.4 Å². The van der Waals surface area contributed by atoms with Gasteiger partial charge in [-0.25, -0.2) is 0 Å². The van der Waals surface area contributed by atoms with Gasteiger partial charge in [-0.2, -0.15) is 0 Å². The molecule has 1 rings (SSSR count). The number of amides is 2. The molecule has 1 aromatic rings. The van der Waals surface area contributed by atoms with E-state index in [1.54, 1.807) is 0 Å². The minimum Gasteiger partial charge on any atom is -0.396 e. The molecule has 0 spiro atoms. The second-order valence-corrected chi connectivity index (χ2v) is 8.09. The lowest BCUT2D eigenvalue weighted by molar-refractivity contribution is -0.121. The van der Waals surface area contributed by atoms with Crippen LogP contribution in [0, 0.1) is 11.3 Å². The average Bonchev–Trinajstić information content (AvgIpc) is 2.46. The topological polar surface area (TPSA) is 78.4 Å². The molecule has 0 aliphatic heterocycles. The molecule has 0 saturated heterocycles. The summed E-state index contributed by atoms with van der Waals surface area (Å²) in [6.07, 6.45) is 1.30. The predicted molar refractivity (Wildman–Crippen MR) is 101 cm³/mol. The van der Waals surface area contributed by atoms with Crippen LogP contribution < -0.4 is 10.6 Å². The largest absolute Gasteiger partial charge is 0.396 e. The van der Waals surface area contributed by atoms with Gasteiger partial charge in [-0.3, -0.25) is 9.59 Å². The maximum Gasteiger partial charge on any atom is 0.224 e. The van der Waals surface area contributed by atoms with Crippen LogP contribution in [-0.4, -0.2) is 29.6 Å². The van der Waals surface area contributed by atoms with Crippen LogP contribution in [0.15, 0.2) is 24.3 Å². The van der Waals surface area contributed by atoms with Crippen molar-refractivity contribution in [3.63, 3.8) is 0 Å². The van der Waals surface area contributed by atoms with Gasteiger partial charge < -0.3 is 15.7 Å². The van der Waals surface area contributed by atoms with E-state index in [0.717, 1.165) is 11.3 Å². The Kier molecular flexibility index (Phi) is 8.10. The highest BCUT2D eigenvalue weighted by Crippen LogP contribution is 2.20. The summed E-state index contributed by atoms with van der Waals surface area (Å²) >= 11 is 0. The molecule has 1 aromatic carbocycles. The number of rotatable bonds is 8. The van der Waals surface area contributed by atoms with Crippen LogP contribution in [0.2, 0.25) is 0 Å². The molecular weight excluding hydrogens is 316 g/mol. The summed E-state index contributed by atoms with van der Waals surface area (Å²) in [5, 5.41) is 14.9. The standard InChI is InChI=1S/C20H32N2O3/c1-14(2)17(10-11-23)22-18(24)12-15-6-8-16(9-7-15)21-19(25)13-20(3,4)5/h6-9,14,17,23H,10-13H2,1-5H3,(H,21,25)(H,22,24). The lowest BCUT2D eigenvalue weighted by Gasteiger charge is -2.21. The van der Waals surface area contributed by atoms with E-state index >= 15 is 0 Å². The molecule has 0 aromatic heterocycles. The second-order valence-electron chi connectivity index (χ2n) is 8.09. The number of benzene rings is 1. The molecule has 140 valence electrons. The first-order chi connectivity index (χ1) is 11.6. The zero-order valence-electron chi connectivity index (χ0n) is 16.1. The molecule has 5 heteroatoms. The van der Waals surface area contributed by atoms with Crippen molar-refractivity contribution in [3.8, 4) is 0 Å². The molecule has 0 aliphatic carbocycles. The molecule has 0 fully saturated rings. The third-order valence-electron chi connectivity index (χ3n) is 3.88. The van der Waals surface area contributed by atoms with Gasteiger partial charge in [0, 0.05) is 24.8 Å². The zero-order chi connectivity index (χ0) is 19.0. The molecule has 3 N–H and O–H groups in total. The van der Waals surface area contributed by atoms with Gasteiger partial charge in [0.15, 0.2) is 0 Å². The average molecular weight is 348 g/mol. The number of carbonyl (C=O) groups excluding carboxylic acids is 2. The maximum atomic E-state index is 12.2. The molecule has 5 nitrogen and oxygen atoms in total. The Hall–Kier alpha value is -1.88. The normalized spacial score (nSPS) is 12.8. The molecule has 0 radical (unpaired) electrons. The highest BCUT2D eigenvalue weighted by Gasteiger charge is 2.17. The van der Waals surface area contributed by atoms with Crippen LogP contribution >= 0.6 is 0 Å². The van der Waals surface area contributed by atoms with Gasteiger partial charge in [-0.15, -0.1) is 0 Å². The summed E-state index contributed by atoms with van der Waals surface area (Å²) in [6.45, 7) is 10.2. The van der Waals surface area contributed by atoms with E-state index in [4.69, 9.17) is 5.11 Å². The maximum absolute atomic E-state index is 12.2. The number of hydrogen-bond donors (Lipinski definition) is 3. The molecule has 25 heavy (non-hydrogen) atoms. The van der Waals surface area contributed by atoms with E-state index in [0.29, 0.717) is 12.8 Å². The fourth-order valence-corrected chi connectivity index (χ4v) is 2.55. The Balaban J connectivity index is 2.56. The fraction of sp³-hybridized carbons (Fsp3) is 0.600. The first-order valence-corrected chi connectivity index (χ1v) is 8.90. The van der Waals surface area contributed by atoms with Crippen molar-refractivity contribution in [1.29, 1.82) is 0 Å². The minimum absolute atomic E-state index is 0.0122. The Morgan fingerprint density at radius 1 is 1.08 bits per heavy atom. The van der Waals surface area contributed by atoms with Crippen LogP contribution in [-0.2, 0) is 16.0 Å². The van der Waals surface area contributed by atoms with Crippen molar-refractivity contribution in [2.24, 2.45) is 11.3 Å². The molecular formula is C20H32N2O3. The smallest absolute Gasteiger partial charge is 0.224 e. The van der Waals surface area contributed by atoms with Gasteiger partial charge in [0.05, 0.1) is 6.42 Å². The molecule has 2 amide bonds. The van der Waals surface area contributed by atoms with Crippen LogP contribution in [0.4, 0.5) is 5.69 Å². The SMILES string of the molecule is CC(C)C(CCO)NC(=O)Cc1ccc(NC(=O)CC(C)(C)C)cc1. The number of anilines is 1. The van der Waals surface area contributed by atoms with Gasteiger partial charge in [-0.1, -0.05) is 46.8 Å². The number of aliphatic hydroxyl groups is 1. The predicted octanol–water partition coefficient (Wildman–Crippen LogP) is 3.13. The monoisotopic (exact) mass is 348 g/mol. The highest BCUT2D eigenvalue weighted by atomic mass is 16.3. The van der Waals surface area contributed by atoms with E-state index in [2.05, 4.69) is 10.6 Å². The van der Waals surface area contributed by atoms with Crippen LogP contribution in [0.3, 0.4) is 0 Å². The van der Waals surface area contributed by atoms with E-state index < -0.39 is 0 Å². The van der Waals surface area contributed by atoms with E-state index in [1.165, 1.54) is 0 Å². The molecule has 0 heterocycles. The van der Waals surface area contributed by atoms with Gasteiger partial charge in [0.25, 0.3) is 0 Å². The van der Waals surface area contributed by atoms with Crippen LogP contribution in [0.1, 0.15) is 53.0 Å². The summed E-state index contributed by atoms with van der Waals surface area (Å²) in [5.74, 6) is 0.204. The summed E-state index contributed by atoms with van der Waals surface area (Å²) in [5.41, 5.74) is 1.57. The number of hydrogen-bond acceptors (Lipinski definition) is 3. The Bertz CT molecular complexity index is 559. The highest BCUT2D eigenvalue weighted by molar-refractivity contribution is 5.91. The Morgan fingerprint density at radius 2 is 1.68 bits per heavy atom. The lowest BCUT2D eigenvalue weighted by Crippen LogP contribution is -2.40. The number of nitrogens with one attached hydrogen (secondary N) is 2. The van der Waals surface area contributed by atoms with E-state index in [9.17, 15) is 9.59 Å². The van der Waals surface area contributed by atoms with Crippen molar-refractivity contribution in [3.05, 3.63) is 29.8 Å². The zero-order valence-corrected chi connectivity index (χ0v) is 16.1. The number of aliphatic hydroxyl groups excluding tert-OH is 1. The van der Waals surface area contributed by atoms with Crippen molar-refractivity contribution in [2.75, 3.05) is 11.9 Å². The minimum atomic E-state index is -0.0586. The van der Waals surface area contributed by atoms with Crippen molar-refractivity contribution in [1.82, 2.24) is 5.32 Å². The third kappa shape index (κ3) is 8.68. The Labute approximate surface area is 151 Å². The summed E-state index contributed by atoms with van der Waals surface area (Å²) in [4.78, 5) is 24.1. The first kappa shape index (κ1) is 21.2. The Morgan fingerprint density at radius 3 is 2.16 bits per heavy atom. The van der Waals surface area contributed by atoms with Gasteiger partial charge in [0.1, 0.15) is 0 Å². The third-order valence-corrected chi connectivity index (χ3v) is 3.88. The molecule has 1 unspecified atom stereocenters. The first-order valence-electron chi connectivity index (χ1n) is 8.90. The summed E-state index contributed by atoms with van der Waals surface area (Å²) < 4.78 is 0. The quantitative estimate of drug-likeness (QED) is 0.675. The lowest BCUT2D eigenvalue weighted by atomic mass is 9.92. The number of carbonyl (C=O) groups is 2. The molecule has 1 atom stereocenters.